The molecule has 6 heteroatoms. The standard InChI is InChI=1S/C10H8.4C10H13.2ClH.2Ga.2Na/c1-2-6-10-8-4-3-7-9(10)5-1;4*1-10(2,3)9-7-5-4-6-8-9;;;;;;/h1-8H;4*4-8H,1H2,2-3H3;2*1H;;;;/q-2;;;;;;;4*+1/p-2. The molecule has 1 aliphatic rings. The third-order valence-corrected chi connectivity index (χ3v) is 26.3. The van der Waals surface area contributed by atoms with Gasteiger partial charge in [-0.05, 0) is 0 Å². The van der Waals surface area contributed by atoms with Gasteiger partial charge in [-0.15, -0.1) is 12.1 Å². The number of halogens is 2. The van der Waals surface area contributed by atoms with E-state index in [4.69, 9.17) is 19.3 Å². The summed E-state index contributed by atoms with van der Waals surface area (Å²) in [6.45, 7) is 18.7. The molecule has 0 aliphatic heterocycles. The maximum Gasteiger partial charge on any atom is 1.00 e. The molecular weight excluding hydrogens is 857 g/mol. The fraction of sp³-hybridized carbons (Fsp3) is 0.320. The Morgan fingerprint density at radius 2 is 0.554 bits per heavy atom. The zero-order valence-electron chi connectivity index (χ0n) is 35.9. The Hall–Kier alpha value is -0.567. The predicted molar refractivity (Wildman–Crippen MR) is 243 cm³/mol. The molecule has 0 fully saturated rings. The smallest absolute Gasteiger partial charge is 1.00 e. The maximum atomic E-state index is 6.94. The number of fused-ring (bicyclic) bond motifs is 1. The minimum atomic E-state index is -1.84. The molecule has 5 aromatic rings. The van der Waals surface area contributed by atoms with Gasteiger partial charge in [0.1, 0.15) is 0 Å². The maximum absolute atomic E-state index is 6.94. The second kappa shape index (κ2) is 24.6. The van der Waals surface area contributed by atoms with Crippen molar-refractivity contribution < 1.29 is 59.1 Å². The topological polar surface area (TPSA) is 0 Å². The van der Waals surface area contributed by atoms with E-state index in [1.807, 2.05) is 0 Å². The van der Waals surface area contributed by atoms with E-state index in [1.165, 1.54) is 53.3 Å². The van der Waals surface area contributed by atoms with Gasteiger partial charge in [0.25, 0.3) is 0 Å². The first kappa shape index (κ1) is 51.6. The molecule has 0 saturated heterocycles. The SMILES string of the molecule is C1=C[CH-]c2ccccc2[CH-]1.CC(C)([CH2][Ga]([Cl])[CH2]C(C)(C)c1ccccc1)c1ccccc1.CC(C)([CH2][Ga]([Cl])[CH2]C(C)(C)c1ccccc1)c1ccccc1.[Na+].[Na+]. The molecule has 0 N–H and O–H groups in total. The number of allylic oxidation sites excluding steroid dienone is 2. The van der Waals surface area contributed by atoms with Crippen LogP contribution in [-0.4, -0.2) is 30.4 Å². The van der Waals surface area contributed by atoms with Crippen molar-refractivity contribution in [2.75, 3.05) is 0 Å². The molecule has 0 radical (unpaired) electrons. The van der Waals surface area contributed by atoms with Crippen LogP contribution in [0.3, 0.4) is 0 Å². The summed E-state index contributed by atoms with van der Waals surface area (Å²) in [7, 11) is 13.9. The van der Waals surface area contributed by atoms with Crippen LogP contribution >= 0.6 is 19.3 Å². The largest absolute Gasteiger partial charge is 1.00 e. The first-order valence-electron chi connectivity index (χ1n) is 19.5. The number of hydrogen-bond donors (Lipinski definition) is 0. The van der Waals surface area contributed by atoms with Gasteiger partial charge in [0.2, 0.25) is 0 Å². The minimum Gasteiger partial charge on any atom is 1.00 e. The Morgan fingerprint density at radius 3 is 0.768 bits per heavy atom. The second-order valence-electron chi connectivity index (χ2n) is 17.4. The summed E-state index contributed by atoms with van der Waals surface area (Å²) in [5.74, 6) is 0. The van der Waals surface area contributed by atoms with Crippen molar-refractivity contribution in [3.8, 4) is 0 Å². The number of hydrogen-bond acceptors (Lipinski definition) is 0. The Morgan fingerprint density at radius 1 is 0.357 bits per heavy atom. The van der Waals surface area contributed by atoms with Gasteiger partial charge in [-0.3, -0.25) is 0 Å². The van der Waals surface area contributed by atoms with E-state index in [1.54, 1.807) is 0 Å². The molecule has 0 nitrogen and oxygen atoms in total. The van der Waals surface area contributed by atoms with Gasteiger partial charge >= 0.3 is 349 Å². The minimum absolute atomic E-state index is 0. The van der Waals surface area contributed by atoms with E-state index >= 15 is 0 Å². The zero-order chi connectivity index (χ0) is 39.2. The van der Waals surface area contributed by atoms with Crippen LogP contribution in [0.1, 0.15) is 88.8 Å². The summed E-state index contributed by atoms with van der Waals surface area (Å²) >= 11 is -3.67. The van der Waals surface area contributed by atoms with Crippen molar-refractivity contribution in [1.82, 2.24) is 0 Å². The summed E-state index contributed by atoms with van der Waals surface area (Å²) in [4.78, 5) is 4.67. The second-order valence-corrected chi connectivity index (χ2v) is 32.2. The number of benzene rings is 5. The van der Waals surface area contributed by atoms with Gasteiger partial charge in [0.05, 0.1) is 0 Å². The molecule has 0 aromatic heterocycles. The Bertz CT molecular complexity index is 1600. The fourth-order valence-electron chi connectivity index (χ4n) is 7.52. The third kappa shape index (κ3) is 16.8. The van der Waals surface area contributed by atoms with Crippen molar-refractivity contribution in [2.24, 2.45) is 0 Å². The summed E-state index contributed by atoms with van der Waals surface area (Å²) < 4.78 is 0. The normalized spacial score (nSPS) is 12.0. The van der Waals surface area contributed by atoms with Gasteiger partial charge in [-0.25, -0.2) is 36.1 Å². The van der Waals surface area contributed by atoms with E-state index in [-0.39, 0.29) is 80.8 Å². The molecule has 282 valence electrons. The molecule has 0 amide bonds. The summed E-state index contributed by atoms with van der Waals surface area (Å²) in [5, 5.41) is 0. The van der Waals surface area contributed by atoms with Crippen LogP contribution in [0.25, 0.3) is 0 Å². The van der Waals surface area contributed by atoms with Crippen molar-refractivity contribution >= 4 is 49.7 Å². The monoisotopic (exact) mass is 914 g/mol. The third-order valence-electron chi connectivity index (χ3n) is 10.8. The van der Waals surface area contributed by atoms with Crippen molar-refractivity contribution in [2.45, 2.75) is 97.0 Å². The molecule has 0 unspecified atom stereocenters. The van der Waals surface area contributed by atoms with Crippen molar-refractivity contribution in [3.63, 3.8) is 0 Å². The molecule has 0 bridgehead atoms. The van der Waals surface area contributed by atoms with Crippen LogP contribution in [0.5, 0.6) is 0 Å². The van der Waals surface area contributed by atoms with Gasteiger partial charge < -0.3 is 0 Å². The summed E-state index contributed by atoms with van der Waals surface area (Å²) in [5.41, 5.74) is 8.97. The average molecular weight is 917 g/mol. The molecule has 0 saturated carbocycles. The van der Waals surface area contributed by atoms with Crippen molar-refractivity contribution in [3.05, 3.63) is 204 Å². The summed E-state index contributed by atoms with van der Waals surface area (Å²) in [6, 6.07) is 51.5. The molecule has 6 rings (SSSR count). The molecule has 1 aliphatic carbocycles. The first-order valence-corrected chi connectivity index (χ1v) is 32.8. The molecule has 0 spiro atoms. The average Bonchev–Trinajstić information content (AvgIpc) is 3.16. The van der Waals surface area contributed by atoms with Gasteiger partial charge in [0.15, 0.2) is 0 Å². The number of rotatable bonds is 12. The fourth-order valence-corrected chi connectivity index (χ4v) is 27.4. The molecule has 5 aromatic carbocycles. The molecule has 0 heterocycles. The van der Waals surface area contributed by atoms with Crippen LogP contribution in [0.4, 0.5) is 0 Å². The summed E-state index contributed by atoms with van der Waals surface area (Å²) in [6.07, 6.45) is 8.36. The van der Waals surface area contributed by atoms with E-state index in [2.05, 4.69) is 226 Å². The van der Waals surface area contributed by atoms with Crippen LogP contribution < -0.4 is 59.1 Å². The van der Waals surface area contributed by atoms with Gasteiger partial charge in [0, 0.05) is 0 Å². The quantitative estimate of drug-likeness (QED) is 0.0869. The molecular formula is C50H60Cl2Ga2Na2. The Kier molecular flexibility index (Phi) is 22.7. The molecule has 0 atom stereocenters. The van der Waals surface area contributed by atoms with Crippen LogP contribution in [0.15, 0.2) is 158 Å². The molecule has 56 heavy (non-hydrogen) atoms. The first-order chi connectivity index (χ1) is 25.6. The predicted octanol–water partition coefficient (Wildman–Crippen LogP) is 8.71. The van der Waals surface area contributed by atoms with Gasteiger partial charge in [-0.1, -0.05) is 0 Å². The van der Waals surface area contributed by atoms with E-state index in [0.717, 1.165) is 0 Å². The Balaban J connectivity index is 0.000000302. The van der Waals surface area contributed by atoms with Crippen LogP contribution in [-0.2, 0) is 21.7 Å². The van der Waals surface area contributed by atoms with Crippen LogP contribution in [0.2, 0.25) is 19.9 Å². The van der Waals surface area contributed by atoms with Gasteiger partial charge in [-0.2, -0.15) is 12.1 Å². The Labute approximate surface area is 404 Å². The van der Waals surface area contributed by atoms with E-state index < -0.39 is 30.4 Å². The van der Waals surface area contributed by atoms with E-state index in [9.17, 15) is 0 Å². The van der Waals surface area contributed by atoms with E-state index in [0.29, 0.717) is 0 Å². The zero-order valence-corrected chi connectivity index (χ0v) is 46.3. The van der Waals surface area contributed by atoms with Crippen molar-refractivity contribution in [1.29, 1.82) is 0 Å². The van der Waals surface area contributed by atoms with Crippen LogP contribution in [0, 0.1) is 12.8 Å².